The smallest absolute Gasteiger partial charge is 0.244 e. The highest BCUT2D eigenvalue weighted by Gasteiger charge is 2.37. The highest BCUT2D eigenvalue weighted by molar-refractivity contribution is 5.76. The maximum Gasteiger partial charge on any atom is 0.244 e. The summed E-state index contributed by atoms with van der Waals surface area (Å²) in [5.41, 5.74) is 4.15. The van der Waals surface area contributed by atoms with Gasteiger partial charge < -0.3 is 9.64 Å². The average Bonchev–Trinajstić information content (AvgIpc) is 3.16. The zero-order chi connectivity index (χ0) is 16.8. The number of hydrogen-bond acceptors (Lipinski definition) is 5. The summed E-state index contributed by atoms with van der Waals surface area (Å²) in [6.07, 6.45) is 2.67. The Kier molecular flexibility index (Phi) is 3.64. The van der Waals surface area contributed by atoms with Gasteiger partial charge in [0.15, 0.2) is 0 Å². The molecule has 0 unspecified atom stereocenters. The Morgan fingerprint density at radius 3 is 2.96 bits per heavy atom. The van der Waals surface area contributed by atoms with Crippen molar-refractivity contribution in [3.63, 3.8) is 0 Å². The molecule has 1 amide bonds. The van der Waals surface area contributed by atoms with Crippen LogP contribution in [0.2, 0.25) is 0 Å². The predicted molar refractivity (Wildman–Crippen MR) is 85.3 cm³/mol. The lowest BCUT2D eigenvalue weighted by Gasteiger charge is -2.41. The van der Waals surface area contributed by atoms with Crippen molar-refractivity contribution in [1.29, 1.82) is 0 Å². The summed E-state index contributed by atoms with van der Waals surface area (Å²) in [5, 5.41) is 12.6. The fourth-order valence-electron chi connectivity index (χ4n) is 3.57. The highest BCUT2D eigenvalue weighted by Crippen LogP contribution is 2.30. The monoisotopic (exact) mass is 330 g/mol. The molecule has 0 saturated carbocycles. The van der Waals surface area contributed by atoms with Crippen LogP contribution in [0.4, 0.5) is 0 Å². The normalized spacial score (nSPS) is 23.0. The lowest BCUT2D eigenvalue weighted by atomic mass is 10.0. The number of piperidine rings is 1. The van der Waals surface area contributed by atoms with Crippen LogP contribution in [0.15, 0.2) is 6.20 Å². The van der Waals surface area contributed by atoms with E-state index in [9.17, 15) is 4.79 Å². The molecule has 0 bridgehead atoms. The van der Waals surface area contributed by atoms with Gasteiger partial charge in [0.1, 0.15) is 6.54 Å². The molecule has 2 atom stereocenters. The number of fused-ring (bicyclic) bond motifs is 3. The SMILES string of the molecule is Cc1nn(CC(=O)N2CC[C@@H]3OCc4cnnn4[C@@H]3C2)c(C)c1C. The summed E-state index contributed by atoms with van der Waals surface area (Å²) in [6.45, 7) is 8.16. The second-order valence-corrected chi connectivity index (χ2v) is 6.67. The minimum absolute atomic E-state index is 0.0520. The van der Waals surface area contributed by atoms with Crippen molar-refractivity contribution in [3.05, 3.63) is 28.8 Å². The molecule has 128 valence electrons. The molecule has 4 heterocycles. The number of amides is 1. The molecule has 2 aliphatic rings. The molecular formula is C16H22N6O2. The number of rotatable bonds is 2. The van der Waals surface area contributed by atoms with Gasteiger partial charge in [0.05, 0.1) is 36.3 Å². The first-order valence-corrected chi connectivity index (χ1v) is 8.33. The molecule has 2 aromatic rings. The predicted octanol–water partition coefficient (Wildman–Crippen LogP) is 0.772. The van der Waals surface area contributed by atoms with Crippen LogP contribution in [0.5, 0.6) is 0 Å². The van der Waals surface area contributed by atoms with Crippen LogP contribution in [0.1, 0.15) is 35.1 Å². The second-order valence-electron chi connectivity index (χ2n) is 6.67. The van der Waals surface area contributed by atoms with E-state index in [-0.39, 0.29) is 24.6 Å². The number of nitrogens with zero attached hydrogens (tertiary/aromatic N) is 6. The fourth-order valence-corrected chi connectivity index (χ4v) is 3.57. The van der Waals surface area contributed by atoms with Crippen molar-refractivity contribution in [2.45, 2.75) is 52.5 Å². The summed E-state index contributed by atoms with van der Waals surface area (Å²) in [5.74, 6) is 0.0892. The molecule has 0 spiro atoms. The highest BCUT2D eigenvalue weighted by atomic mass is 16.5. The third-order valence-electron chi connectivity index (χ3n) is 5.31. The van der Waals surface area contributed by atoms with Crippen LogP contribution >= 0.6 is 0 Å². The van der Waals surface area contributed by atoms with Crippen molar-refractivity contribution in [1.82, 2.24) is 29.7 Å². The fraction of sp³-hybridized carbons (Fsp3) is 0.625. The number of likely N-dealkylation sites (tertiary alicyclic amines) is 1. The van der Waals surface area contributed by atoms with E-state index < -0.39 is 0 Å². The first-order chi connectivity index (χ1) is 11.5. The summed E-state index contributed by atoms with van der Waals surface area (Å²) >= 11 is 0. The number of aromatic nitrogens is 5. The van der Waals surface area contributed by atoms with Gasteiger partial charge in [0, 0.05) is 18.8 Å². The van der Waals surface area contributed by atoms with E-state index >= 15 is 0 Å². The van der Waals surface area contributed by atoms with Gasteiger partial charge in [-0.05, 0) is 32.8 Å². The van der Waals surface area contributed by atoms with Gasteiger partial charge in [0.2, 0.25) is 5.91 Å². The van der Waals surface area contributed by atoms with Crippen LogP contribution in [0.3, 0.4) is 0 Å². The summed E-state index contributed by atoms with van der Waals surface area (Å²) < 4.78 is 9.62. The molecule has 8 heteroatoms. The Hall–Kier alpha value is -2.22. The van der Waals surface area contributed by atoms with E-state index in [1.807, 2.05) is 30.4 Å². The number of carbonyl (C=O) groups is 1. The number of aryl methyl sites for hydroxylation is 1. The van der Waals surface area contributed by atoms with Crippen molar-refractivity contribution in [2.75, 3.05) is 13.1 Å². The molecule has 1 fully saturated rings. The Balaban J connectivity index is 1.50. The Morgan fingerprint density at radius 2 is 2.21 bits per heavy atom. The molecule has 0 N–H and O–H groups in total. The van der Waals surface area contributed by atoms with Gasteiger partial charge in [-0.2, -0.15) is 5.10 Å². The second kappa shape index (κ2) is 5.70. The third-order valence-corrected chi connectivity index (χ3v) is 5.31. The quantitative estimate of drug-likeness (QED) is 0.813. The maximum absolute atomic E-state index is 12.7. The van der Waals surface area contributed by atoms with Crippen molar-refractivity contribution < 1.29 is 9.53 Å². The molecule has 4 rings (SSSR count). The van der Waals surface area contributed by atoms with Gasteiger partial charge in [-0.1, -0.05) is 5.21 Å². The lowest BCUT2D eigenvalue weighted by Crippen LogP contribution is -2.50. The van der Waals surface area contributed by atoms with Gasteiger partial charge in [-0.3, -0.25) is 9.48 Å². The molecule has 1 saturated heterocycles. The van der Waals surface area contributed by atoms with E-state index in [2.05, 4.69) is 15.4 Å². The molecule has 2 aromatic heterocycles. The number of carbonyl (C=O) groups excluding carboxylic acids is 1. The molecular weight excluding hydrogens is 308 g/mol. The molecule has 0 aliphatic carbocycles. The Labute approximate surface area is 140 Å². The van der Waals surface area contributed by atoms with Crippen LogP contribution in [-0.2, 0) is 22.7 Å². The van der Waals surface area contributed by atoms with Crippen LogP contribution < -0.4 is 0 Å². The summed E-state index contributed by atoms with van der Waals surface area (Å²) in [7, 11) is 0. The topological polar surface area (TPSA) is 78.1 Å². The first-order valence-electron chi connectivity index (χ1n) is 8.33. The van der Waals surface area contributed by atoms with E-state index in [4.69, 9.17) is 4.74 Å². The van der Waals surface area contributed by atoms with Gasteiger partial charge in [0.25, 0.3) is 0 Å². The first kappa shape index (κ1) is 15.3. The molecule has 0 radical (unpaired) electrons. The van der Waals surface area contributed by atoms with Crippen LogP contribution in [0, 0.1) is 20.8 Å². The van der Waals surface area contributed by atoms with Crippen LogP contribution in [0.25, 0.3) is 0 Å². The van der Waals surface area contributed by atoms with Crippen molar-refractivity contribution >= 4 is 5.91 Å². The maximum atomic E-state index is 12.7. The molecule has 2 aliphatic heterocycles. The number of ether oxygens (including phenoxy) is 1. The molecule has 8 nitrogen and oxygen atoms in total. The minimum atomic E-state index is 0.0520. The average molecular weight is 330 g/mol. The van der Waals surface area contributed by atoms with Gasteiger partial charge in [-0.15, -0.1) is 5.10 Å². The van der Waals surface area contributed by atoms with E-state index in [1.165, 1.54) is 0 Å². The third kappa shape index (κ3) is 2.41. The zero-order valence-corrected chi connectivity index (χ0v) is 14.3. The van der Waals surface area contributed by atoms with E-state index in [1.54, 1.807) is 10.9 Å². The van der Waals surface area contributed by atoms with Gasteiger partial charge in [-0.25, -0.2) is 4.68 Å². The molecule has 0 aromatic carbocycles. The number of hydrogen-bond donors (Lipinski definition) is 0. The zero-order valence-electron chi connectivity index (χ0n) is 14.3. The van der Waals surface area contributed by atoms with Crippen LogP contribution in [-0.4, -0.2) is 54.8 Å². The van der Waals surface area contributed by atoms with Crippen molar-refractivity contribution in [3.8, 4) is 0 Å². The molecule has 24 heavy (non-hydrogen) atoms. The standard InChI is InChI=1S/C16H22N6O2/c1-10-11(2)18-21(12(10)3)8-16(23)20-5-4-15-14(7-20)22-13(9-24-15)6-17-19-22/h6,14-15H,4-5,7-9H2,1-3H3/t14-,15+/m1/s1. The summed E-state index contributed by atoms with van der Waals surface area (Å²) in [4.78, 5) is 14.6. The van der Waals surface area contributed by atoms with E-state index in [0.717, 1.165) is 29.1 Å². The minimum Gasteiger partial charge on any atom is -0.370 e. The Bertz CT molecular complexity index is 780. The van der Waals surface area contributed by atoms with E-state index in [0.29, 0.717) is 19.7 Å². The van der Waals surface area contributed by atoms with Gasteiger partial charge >= 0.3 is 0 Å². The lowest BCUT2D eigenvalue weighted by molar-refractivity contribution is -0.138. The largest absolute Gasteiger partial charge is 0.370 e. The van der Waals surface area contributed by atoms with Crippen molar-refractivity contribution in [2.24, 2.45) is 0 Å². The summed E-state index contributed by atoms with van der Waals surface area (Å²) in [6, 6.07) is 0.0520. The Morgan fingerprint density at radius 1 is 1.38 bits per heavy atom.